The van der Waals surface area contributed by atoms with Gasteiger partial charge >= 0.3 is 0 Å². The Morgan fingerprint density at radius 3 is 2.14 bits per heavy atom. The summed E-state index contributed by atoms with van der Waals surface area (Å²) in [4.78, 5) is 28.0. The van der Waals surface area contributed by atoms with Crippen LogP contribution in [0.5, 0.6) is 5.75 Å². The van der Waals surface area contributed by atoms with Gasteiger partial charge in [-0.15, -0.1) is 0 Å². The van der Waals surface area contributed by atoms with Crippen molar-refractivity contribution in [2.45, 2.75) is 30.8 Å². The summed E-state index contributed by atoms with van der Waals surface area (Å²) in [5, 5.41) is 3.03. The quantitative estimate of drug-likeness (QED) is 0.393. The summed E-state index contributed by atoms with van der Waals surface area (Å²) in [6, 6.07) is 20.4. The minimum Gasteiger partial charge on any atom is -0.497 e. The summed E-state index contributed by atoms with van der Waals surface area (Å²) in [5.41, 5.74) is 1.04. The number of methoxy groups -OCH3 is 1. The first-order valence-corrected chi connectivity index (χ1v) is 13.5. The normalized spacial score (nSPS) is 11.9. The third-order valence-electron chi connectivity index (χ3n) is 5.87. The van der Waals surface area contributed by atoms with E-state index < -0.39 is 28.5 Å². The number of nitrogens with one attached hydrogen (secondary N) is 1. The van der Waals surface area contributed by atoms with Crippen LogP contribution in [0.3, 0.4) is 0 Å². The molecule has 0 aliphatic heterocycles. The molecule has 1 atom stereocenters. The van der Waals surface area contributed by atoms with Gasteiger partial charge < -0.3 is 15.0 Å². The second kappa shape index (κ2) is 12.6. The van der Waals surface area contributed by atoms with Crippen molar-refractivity contribution < 1.29 is 22.7 Å². The van der Waals surface area contributed by atoms with Gasteiger partial charge in [-0.25, -0.2) is 8.42 Å². The number of amides is 2. The van der Waals surface area contributed by atoms with Crippen molar-refractivity contribution in [2.75, 3.05) is 25.0 Å². The van der Waals surface area contributed by atoms with Gasteiger partial charge in [0, 0.05) is 18.6 Å². The fourth-order valence-electron chi connectivity index (χ4n) is 3.87. The average Bonchev–Trinajstić information content (AvgIpc) is 2.92. The molecule has 0 aliphatic carbocycles. The molecule has 37 heavy (non-hydrogen) atoms. The van der Waals surface area contributed by atoms with Gasteiger partial charge in [-0.05, 0) is 60.5 Å². The van der Waals surface area contributed by atoms with E-state index in [1.807, 2.05) is 0 Å². The predicted molar refractivity (Wildman–Crippen MR) is 144 cm³/mol. The molecule has 0 saturated carbocycles. The third kappa shape index (κ3) is 6.81. The molecule has 2 amide bonds. The van der Waals surface area contributed by atoms with Gasteiger partial charge in [0.05, 0.1) is 17.7 Å². The Morgan fingerprint density at radius 2 is 1.59 bits per heavy atom. The summed E-state index contributed by atoms with van der Waals surface area (Å²) in [5.74, 6) is -0.211. The number of anilines is 1. The Balaban J connectivity index is 2.02. The van der Waals surface area contributed by atoms with E-state index in [4.69, 9.17) is 16.3 Å². The second-order valence-corrected chi connectivity index (χ2v) is 10.5. The maximum absolute atomic E-state index is 13.8. The van der Waals surface area contributed by atoms with Crippen molar-refractivity contribution >= 4 is 39.1 Å². The molecule has 0 bridgehead atoms. The summed E-state index contributed by atoms with van der Waals surface area (Å²) in [6.07, 6.45) is 0.341. The summed E-state index contributed by atoms with van der Waals surface area (Å²) in [7, 11) is -1.05. The van der Waals surface area contributed by atoms with Gasteiger partial charge in [-0.3, -0.25) is 13.9 Å². The van der Waals surface area contributed by atoms with Gasteiger partial charge in [0.2, 0.25) is 11.8 Å². The largest absolute Gasteiger partial charge is 0.497 e. The number of nitrogens with zero attached hydrogens (tertiary/aromatic N) is 2. The first-order valence-electron chi connectivity index (χ1n) is 11.7. The molecule has 0 unspecified atom stereocenters. The molecule has 3 rings (SSSR count). The molecule has 0 saturated heterocycles. The van der Waals surface area contributed by atoms with E-state index in [0.717, 1.165) is 9.87 Å². The number of likely N-dealkylation sites (N-methyl/N-ethyl adjacent to an activating group) is 1. The lowest BCUT2D eigenvalue weighted by Gasteiger charge is -2.33. The van der Waals surface area contributed by atoms with Crippen LogP contribution in [0.1, 0.15) is 18.9 Å². The number of ether oxygens (including phenoxy) is 1. The Bertz CT molecular complexity index is 1300. The number of hydrogen-bond acceptors (Lipinski definition) is 5. The number of carbonyl (C=O) groups excluding carboxylic acids is 2. The fraction of sp³-hybridized carbons (Fsp3) is 0.259. The second-order valence-electron chi connectivity index (χ2n) is 8.21. The molecular formula is C27H30ClN3O5S. The minimum atomic E-state index is -4.11. The summed E-state index contributed by atoms with van der Waals surface area (Å²) >= 11 is 6.03. The van der Waals surface area contributed by atoms with E-state index in [1.54, 1.807) is 80.8 Å². The van der Waals surface area contributed by atoms with Crippen LogP contribution in [-0.4, -0.2) is 51.9 Å². The number of carbonyl (C=O) groups is 2. The average molecular weight is 544 g/mol. The van der Waals surface area contributed by atoms with Crippen molar-refractivity contribution in [3.63, 3.8) is 0 Å². The van der Waals surface area contributed by atoms with Crippen molar-refractivity contribution in [2.24, 2.45) is 0 Å². The van der Waals surface area contributed by atoms with Gasteiger partial charge in [0.15, 0.2) is 0 Å². The van der Waals surface area contributed by atoms with Crippen LogP contribution in [0.15, 0.2) is 83.8 Å². The number of rotatable bonds is 11. The lowest BCUT2D eigenvalue weighted by Crippen LogP contribution is -2.51. The van der Waals surface area contributed by atoms with E-state index >= 15 is 0 Å². The van der Waals surface area contributed by atoms with Gasteiger partial charge in [0.25, 0.3) is 10.0 Å². The smallest absolute Gasteiger partial charge is 0.264 e. The molecule has 3 aromatic carbocycles. The fourth-order valence-corrected chi connectivity index (χ4v) is 5.43. The first-order chi connectivity index (χ1) is 17.7. The Hall–Kier alpha value is -3.56. The number of hydrogen-bond donors (Lipinski definition) is 1. The Labute approximate surface area is 222 Å². The van der Waals surface area contributed by atoms with Gasteiger partial charge in [-0.1, -0.05) is 48.9 Å². The number of halogens is 1. The highest BCUT2D eigenvalue weighted by Crippen LogP contribution is 2.26. The maximum Gasteiger partial charge on any atom is 0.264 e. The van der Waals surface area contributed by atoms with Crippen LogP contribution < -0.4 is 14.4 Å². The lowest BCUT2D eigenvalue weighted by molar-refractivity contribution is -0.140. The molecule has 8 nitrogen and oxygen atoms in total. The van der Waals surface area contributed by atoms with Gasteiger partial charge in [-0.2, -0.15) is 0 Å². The molecular weight excluding hydrogens is 514 g/mol. The standard InChI is InChI=1S/C27H30ClN3O5S/c1-4-25(27(33)29-2)30(18-20-10-16-23(36-3)17-11-20)26(32)19-31(22-14-12-21(28)13-15-22)37(34,35)24-8-6-5-7-9-24/h5-17,25H,4,18-19H2,1-3H3,(H,29,33)/t25-/m0/s1. The molecule has 0 heterocycles. The molecule has 0 spiro atoms. The topological polar surface area (TPSA) is 96.0 Å². The van der Waals surface area contributed by atoms with Crippen LogP contribution in [0.2, 0.25) is 5.02 Å². The molecule has 0 aromatic heterocycles. The van der Waals surface area contributed by atoms with Crippen LogP contribution in [0.4, 0.5) is 5.69 Å². The van der Waals surface area contributed by atoms with E-state index in [-0.39, 0.29) is 23.0 Å². The minimum absolute atomic E-state index is 0.0396. The number of sulfonamides is 1. The van der Waals surface area contributed by atoms with E-state index in [9.17, 15) is 18.0 Å². The summed E-state index contributed by atoms with van der Waals surface area (Å²) in [6.45, 7) is 1.39. The van der Waals surface area contributed by atoms with Gasteiger partial charge in [0.1, 0.15) is 18.3 Å². The zero-order valence-corrected chi connectivity index (χ0v) is 22.5. The zero-order chi connectivity index (χ0) is 27.0. The lowest BCUT2D eigenvalue weighted by atomic mass is 10.1. The highest BCUT2D eigenvalue weighted by Gasteiger charge is 2.33. The van der Waals surface area contributed by atoms with E-state index in [0.29, 0.717) is 17.2 Å². The van der Waals surface area contributed by atoms with Crippen LogP contribution in [0.25, 0.3) is 0 Å². The highest BCUT2D eigenvalue weighted by atomic mass is 35.5. The third-order valence-corrected chi connectivity index (χ3v) is 7.91. The summed E-state index contributed by atoms with van der Waals surface area (Å²) < 4.78 is 33.6. The first kappa shape index (κ1) is 28.0. The SMILES string of the molecule is CC[C@@H](C(=O)NC)N(Cc1ccc(OC)cc1)C(=O)CN(c1ccc(Cl)cc1)S(=O)(=O)c1ccccc1. The van der Waals surface area contributed by atoms with Crippen LogP contribution in [-0.2, 0) is 26.2 Å². The predicted octanol–water partition coefficient (Wildman–Crippen LogP) is 4.10. The molecule has 0 fully saturated rings. The zero-order valence-electron chi connectivity index (χ0n) is 20.9. The molecule has 0 aliphatic rings. The molecule has 0 radical (unpaired) electrons. The maximum atomic E-state index is 13.8. The number of benzene rings is 3. The monoisotopic (exact) mass is 543 g/mol. The Morgan fingerprint density at radius 1 is 0.973 bits per heavy atom. The van der Waals surface area contributed by atoms with Crippen molar-refractivity contribution in [3.05, 3.63) is 89.4 Å². The van der Waals surface area contributed by atoms with Crippen molar-refractivity contribution in [3.8, 4) is 5.75 Å². The van der Waals surface area contributed by atoms with E-state index in [2.05, 4.69) is 5.32 Å². The molecule has 10 heteroatoms. The van der Waals surface area contributed by atoms with Crippen LogP contribution >= 0.6 is 11.6 Å². The van der Waals surface area contributed by atoms with Crippen LogP contribution in [0, 0.1) is 0 Å². The molecule has 3 aromatic rings. The Kier molecular flexibility index (Phi) is 9.54. The van der Waals surface area contributed by atoms with E-state index in [1.165, 1.54) is 24.1 Å². The van der Waals surface area contributed by atoms with Crippen molar-refractivity contribution in [1.82, 2.24) is 10.2 Å². The van der Waals surface area contributed by atoms with Crippen molar-refractivity contribution in [1.29, 1.82) is 0 Å². The molecule has 196 valence electrons. The molecule has 1 N–H and O–H groups in total. The highest BCUT2D eigenvalue weighted by molar-refractivity contribution is 7.92.